The van der Waals surface area contributed by atoms with Gasteiger partial charge in [0.1, 0.15) is 0 Å². The van der Waals surface area contributed by atoms with Crippen molar-refractivity contribution in [3.05, 3.63) is 0 Å². The number of hydrogen-bond acceptors (Lipinski definition) is 2. The fraction of sp³-hybridized carbons (Fsp3) is 1.00. The molecule has 0 bridgehead atoms. The van der Waals surface area contributed by atoms with Crippen LogP contribution in [-0.4, -0.2) is 46.0 Å². The third-order valence-corrected chi connectivity index (χ3v) is 33.2. The normalized spacial score (nSPS) is 12.3. The predicted octanol–water partition coefficient (Wildman–Crippen LogP) is 5.11. The molecule has 0 atom stereocenters. The van der Waals surface area contributed by atoms with Crippen molar-refractivity contribution >= 4 is 39.4 Å². The zero-order valence-electron chi connectivity index (χ0n) is 13.2. The van der Waals surface area contributed by atoms with Gasteiger partial charge in [-0.05, 0) is 0 Å². The Morgan fingerprint density at radius 3 is 1.61 bits per heavy atom. The van der Waals surface area contributed by atoms with Gasteiger partial charge in [-0.3, -0.25) is 0 Å². The van der Waals surface area contributed by atoms with E-state index in [1.807, 2.05) is 0 Å². The van der Waals surface area contributed by atoms with Crippen LogP contribution in [0.4, 0.5) is 0 Å². The van der Waals surface area contributed by atoms with Crippen molar-refractivity contribution in [2.75, 3.05) is 6.61 Å². The molecule has 18 heavy (non-hydrogen) atoms. The van der Waals surface area contributed by atoms with E-state index in [9.17, 15) is 0 Å². The summed E-state index contributed by atoms with van der Waals surface area (Å²) >= 11 is -4.25. The Labute approximate surface area is 127 Å². The summed E-state index contributed by atoms with van der Waals surface area (Å²) in [7, 11) is 0. The van der Waals surface area contributed by atoms with Gasteiger partial charge in [0.15, 0.2) is 0 Å². The molecule has 0 aromatic carbocycles. The van der Waals surface area contributed by atoms with Crippen LogP contribution < -0.4 is 0 Å². The van der Waals surface area contributed by atoms with Crippen molar-refractivity contribution in [3.8, 4) is 0 Å². The monoisotopic (exact) mass is 473 g/mol. The summed E-state index contributed by atoms with van der Waals surface area (Å²) in [6.07, 6.45) is 5.09. The van der Waals surface area contributed by atoms with Gasteiger partial charge in [-0.1, -0.05) is 0 Å². The van der Waals surface area contributed by atoms with Crippen LogP contribution in [0.15, 0.2) is 0 Å². The first kappa shape index (κ1) is 19.5. The molecule has 0 aromatic rings. The average Bonchev–Trinajstić information content (AvgIpc) is 2.30. The Balaban J connectivity index is 4.66. The van der Waals surface area contributed by atoms with Gasteiger partial charge >= 0.3 is 129 Å². The van der Waals surface area contributed by atoms with Crippen molar-refractivity contribution < 1.29 is 4.49 Å². The SMILES string of the molecule is CC[CH2][Sn]([CH2]CC)[O][Sn]([CH2]CC)([CH2]CC)[O]CC. The van der Waals surface area contributed by atoms with E-state index in [0.29, 0.717) is 0 Å². The first-order valence-corrected chi connectivity index (χ1v) is 19.4. The van der Waals surface area contributed by atoms with Gasteiger partial charge < -0.3 is 0 Å². The van der Waals surface area contributed by atoms with Gasteiger partial charge in [-0.25, -0.2) is 0 Å². The quantitative estimate of drug-likeness (QED) is 0.369. The minimum absolute atomic E-state index is 0.866. The summed E-state index contributed by atoms with van der Waals surface area (Å²) in [6, 6.07) is 0. The van der Waals surface area contributed by atoms with Crippen LogP contribution in [0.25, 0.3) is 0 Å². The van der Waals surface area contributed by atoms with E-state index in [4.69, 9.17) is 4.49 Å². The molecule has 0 aromatic heterocycles. The average molecular weight is 471 g/mol. The molecule has 109 valence electrons. The minimum atomic E-state index is -2.67. The van der Waals surface area contributed by atoms with Crippen LogP contribution >= 0.6 is 0 Å². The molecule has 0 rings (SSSR count). The molecule has 0 saturated heterocycles. The second-order valence-electron chi connectivity index (χ2n) is 4.98. The van der Waals surface area contributed by atoms with Crippen molar-refractivity contribution in [2.24, 2.45) is 0 Å². The third-order valence-electron chi connectivity index (χ3n) is 3.06. The maximum atomic E-state index is 6.82. The van der Waals surface area contributed by atoms with E-state index >= 15 is 0 Å². The predicted molar refractivity (Wildman–Crippen MR) is 84.6 cm³/mol. The molecule has 0 heterocycles. The first-order chi connectivity index (χ1) is 8.67. The molecule has 2 nitrogen and oxygen atoms in total. The number of hydrogen-bond donors (Lipinski definition) is 0. The summed E-state index contributed by atoms with van der Waals surface area (Å²) in [4.78, 5) is 0. The van der Waals surface area contributed by atoms with Crippen LogP contribution in [0.1, 0.15) is 60.3 Å². The first-order valence-electron chi connectivity index (χ1n) is 7.85. The van der Waals surface area contributed by atoms with Gasteiger partial charge in [0.05, 0.1) is 0 Å². The van der Waals surface area contributed by atoms with Crippen molar-refractivity contribution in [3.63, 3.8) is 0 Å². The Morgan fingerprint density at radius 1 is 0.778 bits per heavy atom. The van der Waals surface area contributed by atoms with Gasteiger partial charge in [0, 0.05) is 0 Å². The van der Waals surface area contributed by atoms with Gasteiger partial charge in [-0.15, -0.1) is 0 Å². The third kappa shape index (κ3) is 7.95. The van der Waals surface area contributed by atoms with E-state index in [1.54, 1.807) is 0 Å². The van der Waals surface area contributed by atoms with E-state index in [1.165, 1.54) is 43.4 Å². The van der Waals surface area contributed by atoms with Gasteiger partial charge in [0.2, 0.25) is 0 Å². The van der Waals surface area contributed by atoms with Crippen LogP contribution in [0, 0.1) is 0 Å². The Bertz CT molecular complexity index is 166. The van der Waals surface area contributed by atoms with E-state index in [-0.39, 0.29) is 0 Å². The molecule has 4 heteroatoms. The molecule has 0 unspecified atom stereocenters. The Hall–Kier alpha value is 1.52. The van der Waals surface area contributed by atoms with Crippen LogP contribution in [0.5, 0.6) is 0 Å². The second-order valence-corrected chi connectivity index (χ2v) is 24.3. The fourth-order valence-corrected chi connectivity index (χ4v) is 35.6. The van der Waals surface area contributed by atoms with E-state index in [0.717, 1.165) is 6.61 Å². The maximum absolute atomic E-state index is 6.82. The molecule has 0 N–H and O–H groups in total. The Kier molecular flexibility index (Phi) is 13.3. The molecule has 0 spiro atoms. The fourth-order valence-electron chi connectivity index (χ4n) is 2.47. The zero-order valence-corrected chi connectivity index (χ0v) is 18.9. The Morgan fingerprint density at radius 2 is 1.28 bits per heavy atom. The van der Waals surface area contributed by atoms with E-state index in [2.05, 4.69) is 34.6 Å². The molecular weight excluding hydrogens is 438 g/mol. The molecule has 0 aliphatic rings. The van der Waals surface area contributed by atoms with Gasteiger partial charge in [-0.2, -0.15) is 0 Å². The van der Waals surface area contributed by atoms with Crippen molar-refractivity contribution in [2.45, 2.75) is 78.0 Å². The molecule has 1 radical (unpaired) electrons. The summed E-state index contributed by atoms with van der Waals surface area (Å²) < 4.78 is 18.4. The summed E-state index contributed by atoms with van der Waals surface area (Å²) in [5.41, 5.74) is 0. The molecule has 0 saturated carbocycles. The zero-order chi connectivity index (χ0) is 13.9. The van der Waals surface area contributed by atoms with Crippen molar-refractivity contribution in [1.29, 1.82) is 0 Å². The number of rotatable bonds is 12. The van der Waals surface area contributed by atoms with E-state index < -0.39 is 39.4 Å². The standard InChI is InChI=1S/4C3H7.C2H5O.O.2Sn/c4*1-3-2;1-2-3;;;/h4*1,3H2,2H3;2H2,1H3;;;/q;;;;-1;;;+1. The molecule has 0 amide bonds. The summed E-state index contributed by atoms with van der Waals surface area (Å²) in [5, 5.41) is 0. The second kappa shape index (κ2) is 12.3. The van der Waals surface area contributed by atoms with Gasteiger partial charge in [0.25, 0.3) is 0 Å². The molecule has 0 aliphatic carbocycles. The molecular formula is C14H33O2Sn2. The molecule has 0 fully saturated rings. The van der Waals surface area contributed by atoms with Crippen LogP contribution in [0.3, 0.4) is 0 Å². The topological polar surface area (TPSA) is 18.5 Å². The van der Waals surface area contributed by atoms with Crippen LogP contribution in [-0.2, 0) is 4.49 Å². The van der Waals surface area contributed by atoms with Crippen LogP contribution in [0.2, 0.25) is 17.7 Å². The van der Waals surface area contributed by atoms with Crippen molar-refractivity contribution in [1.82, 2.24) is 0 Å². The summed E-state index contributed by atoms with van der Waals surface area (Å²) in [6.45, 7) is 12.2. The molecule has 0 aliphatic heterocycles. The summed E-state index contributed by atoms with van der Waals surface area (Å²) in [5.74, 6) is 0.